The second-order valence-corrected chi connectivity index (χ2v) is 5.73. The molecule has 1 heterocycles. The zero-order chi connectivity index (χ0) is 14.9. The predicted molar refractivity (Wildman–Crippen MR) is 72.9 cm³/mol. The Balaban J connectivity index is 2.72. The fourth-order valence-corrected chi connectivity index (χ4v) is 3.21. The van der Waals surface area contributed by atoms with Crippen molar-refractivity contribution in [1.82, 2.24) is 14.3 Å². The van der Waals surface area contributed by atoms with E-state index in [-0.39, 0.29) is 17.4 Å². The van der Waals surface area contributed by atoms with E-state index in [2.05, 4.69) is 9.71 Å². The van der Waals surface area contributed by atoms with Crippen molar-refractivity contribution in [3.8, 4) is 0 Å². The first-order valence-corrected chi connectivity index (χ1v) is 7.53. The van der Waals surface area contributed by atoms with Crippen molar-refractivity contribution < 1.29 is 13.3 Å². The number of hydrogen-bond acceptors (Lipinski definition) is 5. The molecule has 0 bridgehead atoms. The Morgan fingerprint density at radius 2 is 2.10 bits per heavy atom. The number of imidazole rings is 1. The number of non-ortho nitro benzene ring substituents is 1. The van der Waals surface area contributed by atoms with E-state index in [4.69, 9.17) is 0 Å². The maximum atomic E-state index is 12.1. The highest BCUT2D eigenvalue weighted by Crippen LogP contribution is 2.24. The van der Waals surface area contributed by atoms with Crippen LogP contribution in [0.4, 0.5) is 5.69 Å². The number of nitro benzene ring substituents is 1. The fraction of sp³-hybridized carbons (Fsp3) is 0.364. The van der Waals surface area contributed by atoms with Crippen molar-refractivity contribution in [2.45, 2.75) is 25.5 Å². The summed E-state index contributed by atoms with van der Waals surface area (Å²) in [4.78, 5) is 14.3. The lowest BCUT2D eigenvalue weighted by Crippen LogP contribution is -2.26. The Hall–Kier alpha value is -2.00. The summed E-state index contributed by atoms with van der Waals surface area (Å²) in [6, 6.07) is 4.08. The van der Waals surface area contributed by atoms with Gasteiger partial charge in [-0.3, -0.25) is 10.1 Å². The Morgan fingerprint density at radius 1 is 1.40 bits per heavy atom. The molecule has 0 unspecified atom stereocenters. The van der Waals surface area contributed by atoms with Gasteiger partial charge in [0.2, 0.25) is 5.16 Å². The first-order chi connectivity index (χ1) is 9.40. The molecule has 20 heavy (non-hydrogen) atoms. The Labute approximate surface area is 115 Å². The number of benzene rings is 1. The first kappa shape index (κ1) is 14.4. The van der Waals surface area contributed by atoms with Gasteiger partial charge in [-0.15, -0.1) is 0 Å². The number of fused-ring (bicyclic) bond motifs is 1. The maximum absolute atomic E-state index is 12.1. The molecule has 1 aromatic heterocycles. The maximum Gasteiger partial charge on any atom is 0.274 e. The summed E-state index contributed by atoms with van der Waals surface area (Å²) in [6.07, 6.45) is 0. The lowest BCUT2D eigenvalue weighted by atomic mass is 10.3. The molecule has 0 aliphatic heterocycles. The van der Waals surface area contributed by atoms with Crippen LogP contribution in [0.2, 0.25) is 0 Å². The van der Waals surface area contributed by atoms with Crippen LogP contribution < -0.4 is 4.72 Å². The molecule has 0 atom stereocenters. The zero-order valence-corrected chi connectivity index (χ0v) is 11.8. The summed E-state index contributed by atoms with van der Waals surface area (Å²) in [5, 5.41) is 10.7. The van der Waals surface area contributed by atoms with E-state index in [0.29, 0.717) is 17.6 Å². The lowest BCUT2D eigenvalue weighted by Gasteiger charge is -2.06. The molecule has 9 heteroatoms. The van der Waals surface area contributed by atoms with Crippen LogP contribution in [0.1, 0.15) is 13.8 Å². The van der Waals surface area contributed by atoms with Crippen LogP contribution in [0.5, 0.6) is 0 Å². The molecule has 0 spiro atoms. The molecular formula is C11H14N4O4S. The van der Waals surface area contributed by atoms with Crippen LogP contribution in [0.25, 0.3) is 11.0 Å². The molecule has 0 aliphatic rings. The van der Waals surface area contributed by atoms with Gasteiger partial charge in [0.1, 0.15) is 0 Å². The van der Waals surface area contributed by atoms with Crippen molar-refractivity contribution in [3.05, 3.63) is 28.3 Å². The average molecular weight is 298 g/mol. The summed E-state index contributed by atoms with van der Waals surface area (Å²) >= 11 is 0. The van der Waals surface area contributed by atoms with Gasteiger partial charge in [0.15, 0.2) is 0 Å². The summed E-state index contributed by atoms with van der Waals surface area (Å²) in [5.74, 6) is 0. The highest BCUT2D eigenvalue weighted by Gasteiger charge is 2.23. The minimum atomic E-state index is -3.72. The van der Waals surface area contributed by atoms with Gasteiger partial charge in [-0.1, -0.05) is 6.92 Å². The molecule has 0 saturated carbocycles. The number of nitrogens with zero attached hydrogens (tertiary/aromatic N) is 3. The summed E-state index contributed by atoms with van der Waals surface area (Å²) in [6.45, 7) is 4.01. The third-order valence-electron chi connectivity index (χ3n) is 2.80. The fourth-order valence-electron chi connectivity index (χ4n) is 1.97. The average Bonchev–Trinajstić information content (AvgIpc) is 2.76. The van der Waals surface area contributed by atoms with Gasteiger partial charge in [0.25, 0.3) is 15.7 Å². The van der Waals surface area contributed by atoms with E-state index in [9.17, 15) is 18.5 Å². The summed E-state index contributed by atoms with van der Waals surface area (Å²) in [5.41, 5.74) is 0.742. The number of nitro groups is 1. The third-order valence-corrected chi connectivity index (χ3v) is 4.26. The molecule has 1 N–H and O–H groups in total. The van der Waals surface area contributed by atoms with Gasteiger partial charge in [-0.05, 0) is 13.0 Å². The molecule has 1 aromatic carbocycles. The standard InChI is InChI=1S/C11H14N4O4S/c1-3-12-20(18,19)11-13-9-6-5-8(15(16)17)7-10(9)14(11)4-2/h5-7,12H,3-4H2,1-2H3. The molecule has 8 nitrogen and oxygen atoms in total. The Kier molecular flexibility index (Phi) is 3.73. The molecule has 0 fully saturated rings. The highest BCUT2D eigenvalue weighted by molar-refractivity contribution is 7.89. The van der Waals surface area contributed by atoms with Crippen LogP contribution in [0, 0.1) is 10.1 Å². The third kappa shape index (κ3) is 2.37. The van der Waals surface area contributed by atoms with E-state index >= 15 is 0 Å². The topological polar surface area (TPSA) is 107 Å². The molecule has 0 saturated heterocycles. The number of sulfonamides is 1. The summed E-state index contributed by atoms with van der Waals surface area (Å²) < 4.78 is 28.0. The quantitative estimate of drug-likeness (QED) is 0.660. The lowest BCUT2D eigenvalue weighted by molar-refractivity contribution is -0.384. The van der Waals surface area contributed by atoms with E-state index < -0.39 is 14.9 Å². The second kappa shape index (κ2) is 5.17. The van der Waals surface area contributed by atoms with Crippen molar-refractivity contribution in [3.63, 3.8) is 0 Å². The van der Waals surface area contributed by atoms with Gasteiger partial charge >= 0.3 is 0 Å². The van der Waals surface area contributed by atoms with Crippen LogP contribution in [-0.2, 0) is 16.6 Å². The second-order valence-electron chi connectivity index (χ2n) is 4.07. The number of rotatable bonds is 5. The molecule has 2 rings (SSSR count). The van der Waals surface area contributed by atoms with Crippen LogP contribution in [0.3, 0.4) is 0 Å². The smallest absolute Gasteiger partial charge is 0.274 e. The number of aryl methyl sites for hydroxylation is 1. The van der Waals surface area contributed by atoms with Crippen LogP contribution in [0.15, 0.2) is 23.4 Å². The SMILES string of the molecule is CCNS(=O)(=O)c1nc2ccc([N+](=O)[O-])cc2n1CC. The Morgan fingerprint density at radius 3 is 2.65 bits per heavy atom. The van der Waals surface area contributed by atoms with E-state index in [1.807, 2.05) is 0 Å². The largest absolute Gasteiger partial charge is 0.314 e. The van der Waals surface area contributed by atoms with Crippen molar-refractivity contribution >= 4 is 26.7 Å². The molecule has 108 valence electrons. The molecular weight excluding hydrogens is 284 g/mol. The predicted octanol–water partition coefficient (Wildman–Crippen LogP) is 1.26. The van der Waals surface area contributed by atoms with Crippen molar-refractivity contribution in [2.24, 2.45) is 0 Å². The van der Waals surface area contributed by atoms with Gasteiger partial charge in [-0.2, -0.15) is 0 Å². The minimum Gasteiger partial charge on any atom is -0.314 e. The molecule has 0 radical (unpaired) electrons. The van der Waals surface area contributed by atoms with Gasteiger partial charge in [0, 0.05) is 25.2 Å². The van der Waals surface area contributed by atoms with Gasteiger partial charge < -0.3 is 4.57 Å². The van der Waals surface area contributed by atoms with Crippen LogP contribution in [-0.4, -0.2) is 29.4 Å². The highest BCUT2D eigenvalue weighted by atomic mass is 32.2. The minimum absolute atomic E-state index is 0.0977. The first-order valence-electron chi connectivity index (χ1n) is 6.05. The number of aromatic nitrogens is 2. The van der Waals surface area contributed by atoms with Gasteiger partial charge in [-0.25, -0.2) is 18.1 Å². The zero-order valence-electron chi connectivity index (χ0n) is 11.0. The Bertz CT molecular complexity index is 766. The number of nitrogens with one attached hydrogen (secondary N) is 1. The van der Waals surface area contributed by atoms with E-state index in [0.717, 1.165) is 0 Å². The molecule has 2 aromatic rings. The van der Waals surface area contributed by atoms with Crippen molar-refractivity contribution in [1.29, 1.82) is 0 Å². The van der Waals surface area contributed by atoms with Crippen molar-refractivity contribution in [2.75, 3.05) is 6.54 Å². The van der Waals surface area contributed by atoms with Crippen LogP contribution >= 0.6 is 0 Å². The van der Waals surface area contributed by atoms with E-state index in [1.165, 1.54) is 22.8 Å². The normalized spacial score (nSPS) is 11.9. The number of hydrogen-bond donors (Lipinski definition) is 1. The molecule has 0 aliphatic carbocycles. The van der Waals surface area contributed by atoms with Gasteiger partial charge in [0.05, 0.1) is 16.0 Å². The summed E-state index contributed by atoms with van der Waals surface area (Å²) in [7, 11) is -3.72. The monoisotopic (exact) mass is 298 g/mol. The molecule has 0 amide bonds. The van der Waals surface area contributed by atoms with E-state index in [1.54, 1.807) is 13.8 Å².